The molecule has 8 heteroatoms. The zero-order valence-corrected chi connectivity index (χ0v) is 26.4. The molecule has 0 bridgehead atoms. The number of hydrogen-bond acceptors (Lipinski definition) is 7. The molecule has 1 fully saturated rings. The highest BCUT2D eigenvalue weighted by Crippen LogP contribution is 2.41. The second-order valence-corrected chi connectivity index (χ2v) is 17.4. The van der Waals surface area contributed by atoms with Gasteiger partial charge in [0.1, 0.15) is 23.8 Å². The van der Waals surface area contributed by atoms with Crippen molar-refractivity contribution in [2.24, 2.45) is 5.41 Å². The van der Waals surface area contributed by atoms with Crippen LogP contribution in [0.15, 0.2) is 47.6 Å². The molecule has 1 aromatic carbocycles. The number of nitrogens with zero attached hydrogens (tertiary/aromatic N) is 1. The third-order valence-corrected chi connectivity index (χ3v) is 13.0. The number of oxazole rings is 1. The van der Waals surface area contributed by atoms with E-state index in [2.05, 4.69) is 66.4 Å². The summed E-state index contributed by atoms with van der Waals surface area (Å²) in [4.78, 5) is 4.74. The van der Waals surface area contributed by atoms with Gasteiger partial charge in [-0.25, -0.2) is 4.98 Å². The molecule has 0 spiro atoms. The average Bonchev–Trinajstić information content (AvgIpc) is 3.33. The van der Waals surface area contributed by atoms with E-state index in [0.717, 1.165) is 23.4 Å². The fraction of sp³-hybridized carbons (Fsp3) is 0.645. The van der Waals surface area contributed by atoms with Crippen molar-refractivity contribution in [1.29, 1.82) is 0 Å². The minimum absolute atomic E-state index is 0.0498. The number of benzene rings is 1. The van der Waals surface area contributed by atoms with Crippen molar-refractivity contribution in [1.82, 2.24) is 4.98 Å². The summed E-state index contributed by atoms with van der Waals surface area (Å²) >= 11 is 0. The van der Waals surface area contributed by atoms with Crippen molar-refractivity contribution >= 4 is 8.32 Å². The Balaban J connectivity index is 1.79. The molecule has 7 nitrogen and oxygen atoms in total. The first kappa shape index (κ1) is 31.6. The third-order valence-electron chi connectivity index (χ3n) is 8.43. The Bertz CT molecular complexity index is 1040. The third kappa shape index (κ3) is 8.04. The highest BCUT2D eigenvalue weighted by molar-refractivity contribution is 6.74. The van der Waals surface area contributed by atoms with Crippen LogP contribution in [0.2, 0.25) is 18.1 Å². The lowest BCUT2D eigenvalue weighted by molar-refractivity contribution is -0.294. The van der Waals surface area contributed by atoms with Crippen LogP contribution in [-0.2, 0) is 31.5 Å². The van der Waals surface area contributed by atoms with Crippen LogP contribution in [-0.4, -0.2) is 52.6 Å². The van der Waals surface area contributed by atoms with Crippen LogP contribution < -0.4 is 4.74 Å². The summed E-state index contributed by atoms with van der Waals surface area (Å²) in [6, 6.07) is 8.04. The Hall–Kier alpha value is -1.97. The molecule has 2 heterocycles. The van der Waals surface area contributed by atoms with Gasteiger partial charge in [0.25, 0.3) is 0 Å². The van der Waals surface area contributed by atoms with Crippen molar-refractivity contribution in [3.63, 3.8) is 0 Å². The van der Waals surface area contributed by atoms with Gasteiger partial charge in [0.15, 0.2) is 20.5 Å². The first-order chi connectivity index (χ1) is 18.3. The highest BCUT2D eigenvalue weighted by Gasteiger charge is 2.46. The average molecular weight is 560 g/mol. The molecule has 39 heavy (non-hydrogen) atoms. The smallest absolute Gasteiger partial charge is 0.196 e. The monoisotopic (exact) mass is 559 g/mol. The standard InChI is InChI=1S/C31H49NO6Si/c1-11-12-25(34-8)24-21-35-28(32-24)20-27-31(5,6)26(17-18-36-39(9,10)30(2,3)4)37-29(38-27)19-22-13-15-23(33-7)16-14-22/h11,13-16,21,25-27,29H,1,12,17-20H2,2-10H3/t25-,26-,27-,29?/m0/s1. The predicted octanol–water partition coefficient (Wildman–Crippen LogP) is 7.28. The molecule has 1 aliphatic rings. The Morgan fingerprint density at radius 3 is 2.33 bits per heavy atom. The number of aromatic nitrogens is 1. The van der Waals surface area contributed by atoms with E-state index < -0.39 is 14.6 Å². The van der Waals surface area contributed by atoms with Gasteiger partial charge in [-0.3, -0.25) is 0 Å². The van der Waals surface area contributed by atoms with Gasteiger partial charge >= 0.3 is 0 Å². The summed E-state index contributed by atoms with van der Waals surface area (Å²) in [7, 11) is 1.48. The summed E-state index contributed by atoms with van der Waals surface area (Å²) in [6.45, 7) is 20.3. The van der Waals surface area contributed by atoms with E-state index in [4.69, 9.17) is 32.8 Å². The van der Waals surface area contributed by atoms with Crippen LogP contribution in [0.4, 0.5) is 0 Å². The van der Waals surface area contributed by atoms with E-state index in [-0.39, 0.29) is 28.8 Å². The molecule has 218 valence electrons. The van der Waals surface area contributed by atoms with Gasteiger partial charge in [-0.05, 0) is 48.7 Å². The topological polar surface area (TPSA) is 72.2 Å². The van der Waals surface area contributed by atoms with Crippen LogP contribution in [0.3, 0.4) is 0 Å². The molecule has 1 aromatic heterocycles. The van der Waals surface area contributed by atoms with Crippen molar-refractivity contribution < 1.29 is 27.8 Å². The molecular formula is C31H49NO6Si. The Morgan fingerprint density at radius 1 is 1.08 bits per heavy atom. The summed E-state index contributed by atoms with van der Waals surface area (Å²) in [5.74, 6) is 1.46. The summed E-state index contributed by atoms with van der Waals surface area (Å²) < 4.78 is 36.5. The molecule has 0 saturated carbocycles. The molecule has 0 N–H and O–H groups in total. The van der Waals surface area contributed by atoms with E-state index in [1.54, 1.807) is 20.5 Å². The Kier molecular flexibility index (Phi) is 10.6. The molecule has 0 amide bonds. The first-order valence-electron chi connectivity index (χ1n) is 14.0. The molecule has 1 aliphatic heterocycles. The molecule has 2 aromatic rings. The van der Waals surface area contributed by atoms with E-state index in [1.165, 1.54) is 0 Å². The molecule has 3 rings (SSSR count). The summed E-state index contributed by atoms with van der Waals surface area (Å²) in [5, 5.41) is 0.160. The maximum absolute atomic E-state index is 6.62. The minimum atomic E-state index is -1.86. The van der Waals surface area contributed by atoms with Gasteiger partial charge in [-0.15, -0.1) is 6.58 Å². The normalized spacial score (nSPS) is 22.4. The molecule has 4 atom stereocenters. The largest absolute Gasteiger partial charge is 0.497 e. The SMILES string of the molecule is C=CC[C@H](OC)c1coc(C[C@@H]2OC(Cc3ccc(OC)cc3)O[C@@H](CCO[Si](C)(C)C(C)(C)C)C2(C)C)n1. The fourth-order valence-corrected chi connectivity index (χ4v) is 5.67. The van der Waals surface area contributed by atoms with E-state index in [9.17, 15) is 0 Å². The zero-order chi connectivity index (χ0) is 28.8. The van der Waals surface area contributed by atoms with Crippen LogP contribution in [0.1, 0.15) is 70.7 Å². The van der Waals surface area contributed by atoms with Gasteiger partial charge < -0.3 is 27.8 Å². The van der Waals surface area contributed by atoms with Crippen molar-refractivity contribution in [3.05, 3.63) is 60.3 Å². The minimum Gasteiger partial charge on any atom is -0.497 e. The number of ether oxygens (including phenoxy) is 4. The van der Waals surface area contributed by atoms with E-state index in [1.807, 2.05) is 18.2 Å². The van der Waals surface area contributed by atoms with Crippen molar-refractivity contribution in [2.45, 2.75) is 103 Å². The number of hydrogen-bond donors (Lipinski definition) is 0. The lowest BCUT2D eigenvalue weighted by atomic mass is 9.77. The van der Waals surface area contributed by atoms with Gasteiger partial charge in [-0.2, -0.15) is 0 Å². The Morgan fingerprint density at radius 2 is 1.74 bits per heavy atom. The summed E-state index contributed by atoms with van der Waals surface area (Å²) in [5.41, 5.74) is 1.61. The molecule has 0 aliphatic carbocycles. The lowest BCUT2D eigenvalue weighted by Gasteiger charge is -2.48. The predicted molar refractivity (Wildman–Crippen MR) is 157 cm³/mol. The highest BCUT2D eigenvalue weighted by atomic mass is 28.4. The van der Waals surface area contributed by atoms with Crippen molar-refractivity contribution in [3.8, 4) is 5.75 Å². The molecule has 0 radical (unpaired) electrons. The second kappa shape index (κ2) is 13.1. The van der Waals surface area contributed by atoms with Gasteiger partial charge in [0.05, 0.1) is 25.7 Å². The number of methoxy groups -OCH3 is 2. The fourth-order valence-electron chi connectivity index (χ4n) is 4.61. The zero-order valence-electron chi connectivity index (χ0n) is 25.4. The molecule has 1 unspecified atom stereocenters. The van der Waals surface area contributed by atoms with E-state index in [0.29, 0.717) is 31.8 Å². The van der Waals surface area contributed by atoms with E-state index >= 15 is 0 Å². The summed E-state index contributed by atoms with van der Waals surface area (Å²) in [6.07, 6.45) is 5.37. The molecule has 1 saturated heterocycles. The maximum Gasteiger partial charge on any atom is 0.196 e. The van der Waals surface area contributed by atoms with Gasteiger partial charge in [0.2, 0.25) is 0 Å². The van der Waals surface area contributed by atoms with Gasteiger partial charge in [-0.1, -0.05) is 52.8 Å². The quantitative estimate of drug-likeness (QED) is 0.189. The Labute approximate surface area is 236 Å². The molecular weight excluding hydrogens is 510 g/mol. The van der Waals surface area contributed by atoms with Crippen LogP contribution >= 0.6 is 0 Å². The van der Waals surface area contributed by atoms with Crippen molar-refractivity contribution in [2.75, 3.05) is 20.8 Å². The van der Waals surface area contributed by atoms with Crippen LogP contribution in [0.25, 0.3) is 0 Å². The lowest BCUT2D eigenvalue weighted by Crippen LogP contribution is -2.54. The maximum atomic E-state index is 6.62. The first-order valence-corrected chi connectivity index (χ1v) is 16.9. The second-order valence-electron chi connectivity index (χ2n) is 12.6. The van der Waals surface area contributed by atoms with Crippen LogP contribution in [0.5, 0.6) is 5.75 Å². The van der Waals surface area contributed by atoms with Gasteiger partial charge in [0, 0.05) is 25.6 Å². The van der Waals surface area contributed by atoms with Crippen LogP contribution in [0, 0.1) is 5.41 Å². The number of rotatable bonds is 13.